The van der Waals surface area contributed by atoms with Gasteiger partial charge in [-0.15, -0.1) is 0 Å². The van der Waals surface area contributed by atoms with Crippen molar-refractivity contribution in [3.63, 3.8) is 0 Å². The summed E-state index contributed by atoms with van der Waals surface area (Å²) in [6.45, 7) is 0. The van der Waals surface area contributed by atoms with E-state index in [9.17, 15) is 14.7 Å². The van der Waals surface area contributed by atoms with E-state index in [-0.39, 0.29) is 23.7 Å². The molecule has 2 aliphatic rings. The highest BCUT2D eigenvalue weighted by molar-refractivity contribution is 5.94. The number of imidazole rings is 1. The molecule has 3 N–H and O–H groups in total. The number of aromatic nitrogens is 2. The molecule has 0 bridgehead atoms. The maximum atomic E-state index is 12.3. The highest BCUT2D eigenvalue weighted by Crippen LogP contribution is 2.50. The lowest BCUT2D eigenvalue weighted by Gasteiger charge is -2.18. The number of piperidine rings is 1. The largest absolute Gasteiger partial charge is 0.369 e. The van der Waals surface area contributed by atoms with Crippen molar-refractivity contribution >= 4 is 17.3 Å². The number of fused-ring (bicyclic) bond motifs is 2. The molecule has 3 heterocycles. The van der Waals surface area contributed by atoms with Gasteiger partial charge in [-0.1, -0.05) is 30.0 Å². The average molecular weight is 386 g/mol. The number of nitrogens with zero attached hydrogens (tertiary/aromatic N) is 3. The summed E-state index contributed by atoms with van der Waals surface area (Å²) in [4.78, 5) is 30.1. The third-order valence-corrected chi connectivity index (χ3v) is 5.74. The van der Waals surface area contributed by atoms with Gasteiger partial charge in [0.2, 0.25) is 11.4 Å². The van der Waals surface area contributed by atoms with Crippen LogP contribution in [-0.2, 0) is 4.79 Å². The van der Waals surface area contributed by atoms with Crippen LogP contribution in [0.25, 0.3) is 16.8 Å². The lowest BCUT2D eigenvalue weighted by Crippen LogP contribution is -2.41. The number of benzene rings is 1. The van der Waals surface area contributed by atoms with Crippen LogP contribution in [0, 0.1) is 17.8 Å². The number of carbonyl (C=O) groups excluding carboxylic acids is 2. The van der Waals surface area contributed by atoms with E-state index in [0.717, 1.165) is 17.5 Å². The predicted molar refractivity (Wildman–Crippen MR) is 106 cm³/mol. The van der Waals surface area contributed by atoms with Crippen LogP contribution in [0.1, 0.15) is 22.6 Å². The SMILES string of the molecule is CN1C(=O)[C@@](O)(C#Cc2cccc(-c3nc(C(N)=O)n4ccccc34)c2)[C@@H]2C[C@@H]21. The third-order valence-electron chi connectivity index (χ3n) is 5.74. The van der Waals surface area contributed by atoms with E-state index in [2.05, 4.69) is 16.8 Å². The van der Waals surface area contributed by atoms with Crippen LogP contribution in [-0.4, -0.2) is 49.9 Å². The van der Waals surface area contributed by atoms with Crippen LogP contribution >= 0.6 is 0 Å². The van der Waals surface area contributed by atoms with Crippen molar-refractivity contribution in [1.82, 2.24) is 14.3 Å². The molecule has 2 aromatic heterocycles. The van der Waals surface area contributed by atoms with Crippen molar-refractivity contribution in [1.29, 1.82) is 0 Å². The summed E-state index contributed by atoms with van der Waals surface area (Å²) in [6, 6.07) is 12.9. The summed E-state index contributed by atoms with van der Waals surface area (Å²) in [6.07, 6.45) is 2.52. The van der Waals surface area contributed by atoms with E-state index in [1.54, 1.807) is 34.7 Å². The summed E-state index contributed by atoms with van der Waals surface area (Å²) in [5.74, 6) is 4.83. The fourth-order valence-corrected chi connectivity index (χ4v) is 4.12. The van der Waals surface area contributed by atoms with Crippen LogP contribution in [0.5, 0.6) is 0 Å². The molecule has 2 fully saturated rings. The smallest absolute Gasteiger partial charge is 0.285 e. The van der Waals surface area contributed by atoms with Gasteiger partial charge in [-0.3, -0.25) is 14.0 Å². The Labute approximate surface area is 166 Å². The predicted octanol–water partition coefficient (Wildman–Crippen LogP) is 1.04. The lowest BCUT2D eigenvalue weighted by molar-refractivity contribution is -0.140. The molecule has 2 amide bonds. The molecule has 0 spiro atoms. The zero-order valence-corrected chi connectivity index (χ0v) is 15.7. The minimum Gasteiger partial charge on any atom is -0.369 e. The van der Waals surface area contributed by atoms with Crippen LogP contribution in [0.15, 0.2) is 48.7 Å². The van der Waals surface area contributed by atoms with Crippen LogP contribution in [0.4, 0.5) is 0 Å². The Kier molecular flexibility index (Phi) is 3.57. The molecular weight excluding hydrogens is 368 g/mol. The minimum absolute atomic E-state index is 0.0947. The van der Waals surface area contributed by atoms with E-state index >= 15 is 0 Å². The minimum atomic E-state index is -1.62. The first kappa shape index (κ1) is 17.5. The van der Waals surface area contributed by atoms with Crippen molar-refractivity contribution in [2.45, 2.75) is 18.1 Å². The molecule has 7 nitrogen and oxygen atoms in total. The van der Waals surface area contributed by atoms with E-state index in [1.165, 1.54) is 0 Å². The van der Waals surface area contributed by atoms with Gasteiger partial charge in [0.15, 0.2) is 0 Å². The van der Waals surface area contributed by atoms with Crippen LogP contribution < -0.4 is 5.73 Å². The summed E-state index contributed by atoms with van der Waals surface area (Å²) in [7, 11) is 1.70. The first-order valence-electron chi connectivity index (χ1n) is 9.30. The Morgan fingerprint density at radius 2 is 2.14 bits per heavy atom. The average Bonchev–Trinajstić information content (AvgIpc) is 3.40. The van der Waals surface area contributed by atoms with E-state index < -0.39 is 11.5 Å². The Hall–Kier alpha value is -3.63. The van der Waals surface area contributed by atoms with Gasteiger partial charge in [0.1, 0.15) is 0 Å². The second-order valence-corrected chi connectivity index (χ2v) is 7.53. The summed E-state index contributed by atoms with van der Waals surface area (Å²) in [5, 5.41) is 10.8. The van der Waals surface area contributed by atoms with Crippen LogP contribution in [0.3, 0.4) is 0 Å². The van der Waals surface area contributed by atoms with Gasteiger partial charge in [-0.2, -0.15) is 0 Å². The number of rotatable bonds is 2. The van der Waals surface area contributed by atoms with Gasteiger partial charge in [0, 0.05) is 36.3 Å². The molecule has 0 radical (unpaired) electrons. The fourth-order valence-electron chi connectivity index (χ4n) is 4.12. The second kappa shape index (κ2) is 5.93. The number of carbonyl (C=O) groups is 2. The van der Waals surface area contributed by atoms with Crippen molar-refractivity contribution in [3.05, 3.63) is 60.0 Å². The molecule has 3 aromatic rings. The Bertz CT molecular complexity index is 1250. The van der Waals surface area contributed by atoms with E-state index in [1.807, 2.05) is 30.3 Å². The third kappa shape index (κ3) is 2.53. The number of amides is 2. The molecule has 0 unspecified atom stereocenters. The van der Waals surface area contributed by atoms with Crippen molar-refractivity contribution in [2.75, 3.05) is 7.05 Å². The molecule has 3 atom stereocenters. The van der Waals surface area contributed by atoms with Gasteiger partial charge < -0.3 is 15.7 Å². The summed E-state index contributed by atoms with van der Waals surface area (Å²) in [5.41, 5.74) is 6.62. The molecule has 144 valence electrons. The number of hydrogen-bond donors (Lipinski definition) is 2. The van der Waals surface area contributed by atoms with Gasteiger partial charge in [-0.05, 0) is 30.7 Å². The lowest BCUT2D eigenvalue weighted by atomic mass is 9.98. The topological polar surface area (TPSA) is 101 Å². The first-order chi connectivity index (χ1) is 13.9. The van der Waals surface area contributed by atoms with Gasteiger partial charge in [0.25, 0.3) is 11.8 Å². The number of primary amides is 1. The Morgan fingerprint density at radius 3 is 2.86 bits per heavy atom. The molecule has 1 aromatic carbocycles. The molecule has 1 aliphatic heterocycles. The molecule has 29 heavy (non-hydrogen) atoms. The zero-order chi connectivity index (χ0) is 20.3. The van der Waals surface area contributed by atoms with E-state index in [0.29, 0.717) is 11.3 Å². The monoisotopic (exact) mass is 386 g/mol. The maximum Gasteiger partial charge on any atom is 0.285 e. The standard InChI is InChI=1S/C22H18N4O3/c1-25-17-12-15(17)22(29,21(25)28)9-8-13-5-4-6-14(11-13)18-16-7-2-3-10-26(16)20(24-18)19(23)27/h2-7,10-11,15,17,29H,12H2,1H3,(H2,23,27)/t15-,17+,22-/m1/s1. The first-order valence-corrected chi connectivity index (χ1v) is 9.30. The quantitative estimate of drug-likeness (QED) is 0.643. The Balaban J connectivity index is 1.55. The zero-order valence-electron chi connectivity index (χ0n) is 15.7. The molecule has 1 aliphatic carbocycles. The molecular formula is C22H18N4O3. The van der Waals surface area contributed by atoms with Crippen molar-refractivity contribution in [3.8, 4) is 23.1 Å². The van der Waals surface area contributed by atoms with Gasteiger partial charge in [-0.25, -0.2) is 4.98 Å². The van der Waals surface area contributed by atoms with Crippen LogP contribution in [0.2, 0.25) is 0 Å². The number of likely N-dealkylation sites (tertiary alicyclic amines) is 1. The number of likely N-dealkylation sites (N-methyl/N-ethyl adjacent to an activating group) is 1. The van der Waals surface area contributed by atoms with Crippen molar-refractivity contribution in [2.24, 2.45) is 11.7 Å². The maximum absolute atomic E-state index is 12.3. The number of nitrogens with two attached hydrogens (primary N) is 1. The number of hydrogen-bond acceptors (Lipinski definition) is 4. The number of aliphatic hydroxyl groups is 1. The molecule has 7 heteroatoms. The number of pyridine rings is 1. The molecule has 1 saturated carbocycles. The van der Waals surface area contributed by atoms with Gasteiger partial charge >= 0.3 is 0 Å². The summed E-state index contributed by atoms with van der Waals surface area (Å²) < 4.78 is 1.65. The van der Waals surface area contributed by atoms with Gasteiger partial charge in [0.05, 0.1) is 11.2 Å². The highest BCUT2D eigenvalue weighted by atomic mass is 16.3. The Morgan fingerprint density at radius 1 is 1.31 bits per heavy atom. The van der Waals surface area contributed by atoms with E-state index in [4.69, 9.17) is 5.73 Å². The fraction of sp³-hybridized carbons (Fsp3) is 0.227. The normalized spacial score (nSPS) is 24.9. The molecule has 1 saturated heterocycles. The molecule has 5 rings (SSSR count). The summed E-state index contributed by atoms with van der Waals surface area (Å²) >= 11 is 0. The highest BCUT2D eigenvalue weighted by Gasteiger charge is 2.66. The van der Waals surface area contributed by atoms with Crippen molar-refractivity contribution < 1.29 is 14.7 Å². The second-order valence-electron chi connectivity index (χ2n) is 7.53.